The normalized spacial score (nSPS) is 13.9. The zero-order chi connectivity index (χ0) is 18.5. The van der Waals surface area contributed by atoms with Crippen LogP contribution in [0.3, 0.4) is 0 Å². The topological polar surface area (TPSA) is 55.4 Å². The molecule has 6 heteroatoms. The maximum Gasteiger partial charge on any atom is 0.341 e. The van der Waals surface area contributed by atoms with Crippen molar-refractivity contribution in [3.8, 4) is 0 Å². The Morgan fingerprint density at radius 1 is 1.15 bits per heavy atom. The second-order valence-corrected chi connectivity index (χ2v) is 7.24. The maximum atomic E-state index is 12.9. The molecule has 136 valence electrons. The van der Waals surface area contributed by atoms with Gasteiger partial charge >= 0.3 is 5.97 Å². The van der Waals surface area contributed by atoms with Crippen molar-refractivity contribution in [2.45, 2.75) is 32.1 Å². The summed E-state index contributed by atoms with van der Waals surface area (Å²) in [5.41, 5.74) is 2.21. The second kappa shape index (κ2) is 8.27. The van der Waals surface area contributed by atoms with Gasteiger partial charge in [0.1, 0.15) is 10.8 Å². The monoisotopic (exact) mass is 373 g/mol. The van der Waals surface area contributed by atoms with E-state index >= 15 is 0 Å². The summed E-state index contributed by atoms with van der Waals surface area (Å²) in [6, 6.07) is 5.85. The zero-order valence-corrected chi connectivity index (χ0v) is 15.3. The van der Waals surface area contributed by atoms with E-state index < -0.39 is 5.97 Å². The highest BCUT2D eigenvalue weighted by Crippen LogP contribution is 2.37. The lowest BCUT2D eigenvalue weighted by atomic mass is 10.1. The summed E-state index contributed by atoms with van der Waals surface area (Å²) < 4.78 is 17.8. The number of thiophene rings is 1. The first-order valence-corrected chi connectivity index (χ1v) is 9.37. The van der Waals surface area contributed by atoms with Gasteiger partial charge in [0, 0.05) is 11.0 Å². The number of fused-ring (bicyclic) bond motifs is 1. The average molecular weight is 373 g/mol. The van der Waals surface area contributed by atoms with E-state index in [9.17, 15) is 14.0 Å². The number of anilines is 1. The second-order valence-electron chi connectivity index (χ2n) is 6.13. The lowest BCUT2D eigenvalue weighted by molar-refractivity contribution is -0.111. The molecule has 0 fully saturated rings. The minimum Gasteiger partial charge on any atom is -0.465 e. The van der Waals surface area contributed by atoms with Gasteiger partial charge in [-0.1, -0.05) is 18.6 Å². The Morgan fingerprint density at radius 3 is 2.62 bits per heavy atom. The molecule has 1 heterocycles. The van der Waals surface area contributed by atoms with E-state index in [1.165, 1.54) is 36.7 Å². The molecule has 0 spiro atoms. The van der Waals surface area contributed by atoms with E-state index in [2.05, 4.69) is 5.32 Å². The minimum atomic E-state index is -0.415. The lowest BCUT2D eigenvalue weighted by Gasteiger charge is -2.06. The van der Waals surface area contributed by atoms with Gasteiger partial charge in [0.05, 0.1) is 12.7 Å². The number of hydrogen-bond donors (Lipinski definition) is 1. The largest absolute Gasteiger partial charge is 0.465 e. The van der Waals surface area contributed by atoms with Crippen molar-refractivity contribution in [2.24, 2.45) is 0 Å². The fourth-order valence-corrected chi connectivity index (χ4v) is 4.33. The first-order chi connectivity index (χ1) is 12.6. The van der Waals surface area contributed by atoms with Crippen molar-refractivity contribution in [3.05, 3.63) is 57.7 Å². The van der Waals surface area contributed by atoms with Crippen LogP contribution in [0.15, 0.2) is 30.3 Å². The standard InChI is InChI=1S/C20H20FNO3S/c1-25-20(24)18-15-5-3-2-4-6-16(15)26-19(18)22-17(23)12-9-13-7-10-14(21)11-8-13/h7-12H,2-6H2,1H3,(H,22,23). The van der Waals surface area contributed by atoms with Crippen molar-refractivity contribution in [1.82, 2.24) is 0 Å². The quantitative estimate of drug-likeness (QED) is 0.484. The van der Waals surface area contributed by atoms with Gasteiger partial charge in [-0.05, 0) is 55.0 Å². The summed E-state index contributed by atoms with van der Waals surface area (Å²) in [6.07, 6.45) is 7.99. The third-order valence-electron chi connectivity index (χ3n) is 4.34. The molecule has 0 atom stereocenters. The number of benzene rings is 1. The fourth-order valence-electron chi connectivity index (χ4n) is 3.05. The highest BCUT2D eigenvalue weighted by Gasteiger charge is 2.25. The number of rotatable bonds is 4. The third kappa shape index (κ3) is 4.19. The Labute approximate surface area is 155 Å². The van der Waals surface area contributed by atoms with E-state index in [0.717, 1.165) is 48.1 Å². The summed E-state index contributed by atoms with van der Waals surface area (Å²) in [7, 11) is 1.35. The maximum absolute atomic E-state index is 12.9. The first-order valence-electron chi connectivity index (χ1n) is 8.56. The molecule has 1 aromatic heterocycles. The number of amides is 1. The number of esters is 1. The molecular weight excluding hydrogens is 353 g/mol. The van der Waals surface area contributed by atoms with Gasteiger partial charge in [0.2, 0.25) is 5.91 Å². The summed E-state index contributed by atoms with van der Waals surface area (Å²) in [4.78, 5) is 25.7. The predicted octanol–water partition coefficient (Wildman–Crippen LogP) is 4.59. The average Bonchev–Trinajstić information content (AvgIpc) is 2.81. The van der Waals surface area contributed by atoms with E-state index in [1.807, 2.05) is 0 Å². The molecule has 0 bridgehead atoms. The van der Waals surface area contributed by atoms with Gasteiger partial charge in [0.15, 0.2) is 0 Å². The van der Waals surface area contributed by atoms with Crippen molar-refractivity contribution in [1.29, 1.82) is 0 Å². The van der Waals surface area contributed by atoms with E-state index in [-0.39, 0.29) is 11.7 Å². The van der Waals surface area contributed by atoms with Gasteiger partial charge in [-0.15, -0.1) is 11.3 Å². The van der Waals surface area contributed by atoms with Gasteiger partial charge in [-0.3, -0.25) is 4.79 Å². The number of methoxy groups -OCH3 is 1. The van der Waals surface area contributed by atoms with Crippen LogP contribution in [0.2, 0.25) is 0 Å². The minimum absolute atomic E-state index is 0.325. The molecular formula is C20H20FNO3S. The molecule has 1 N–H and O–H groups in total. The molecule has 26 heavy (non-hydrogen) atoms. The molecule has 1 aliphatic carbocycles. The summed E-state index contributed by atoms with van der Waals surface area (Å²) in [5, 5.41) is 3.34. The number of ether oxygens (including phenoxy) is 1. The fraction of sp³-hybridized carbons (Fsp3) is 0.300. The molecule has 1 amide bonds. The molecule has 3 rings (SSSR count). The number of aryl methyl sites for hydroxylation is 1. The molecule has 4 nitrogen and oxygen atoms in total. The van der Waals surface area contributed by atoms with E-state index in [4.69, 9.17) is 4.74 Å². The Balaban J connectivity index is 1.81. The Hall–Kier alpha value is -2.47. The number of hydrogen-bond acceptors (Lipinski definition) is 4. The molecule has 0 aliphatic heterocycles. The molecule has 1 aromatic carbocycles. The first kappa shape index (κ1) is 18.3. The van der Waals surface area contributed by atoms with Crippen molar-refractivity contribution < 1.29 is 18.7 Å². The SMILES string of the molecule is COC(=O)c1c(NC(=O)C=Cc2ccc(F)cc2)sc2c1CCCCC2. The van der Waals surface area contributed by atoms with Gasteiger partial charge in [-0.2, -0.15) is 0 Å². The lowest BCUT2D eigenvalue weighted by Crippen LogP contribution is -2.12. The third-order valence-corrected chi connectivity index (χ3v) is 5.55. The predicted molar refractivity (Wildman–Crippen MR) is 101 cm³/mol. The van der Waals surface area contributed by atoms with Crippen LogP contribution in [0, 0.1) is 5.82 Å². The van der Waals surface area contributed by atoms with Crippen LogP contribution in [-0.4, -0.2) is 19.0 Å². The van der Waals surface area contributed by atoms with Crippen molar-refractivity contribution in [2.75, 3.05) is 12.4 Å². The smallest absolute Gasteiger partial charge is 0.341 e. The van der Waals surface area contributed by atoms with Crippen LogP contribution >= 0.6 is 11.3 Å². The van der Waals surface area contributed by atoms with Gasteiger partial charge < -0.3 is 10.1 Å². The van der Waals surface area contributed by atoms with E-state index in [0.29, 0.717) is 10.6 Å². The van der Waals surface area contributed by atoms with Crippen molar-refractivity contribution >= 4 is 34.3 Å². The van der Waals surface area contributed by atoms with Crippen LogP contribution in [0.5, 0.6) is 0 Å². The van der Waals surface area contributed by atoms with E-state index in [1.54, 1.807) is 18.2 Å². The summed E-state index contributed by atoms with van der Waals surface area (Å²) >= 11 is 1.45. The highest BCUT2D eigenvalue weighted by atomic mass is 32.1. The molecule has 1 aliphatic rings. The van der Waals surface area contributed by atoms with Crippen LogP contribution in [0.1, 0.15) is 45.6 Å². The number of carbonyl (C=O) groups excluding carboxylic acids is 2. The highest BCUT2D eigenvalue weighted by molar-refractivity contribution is 7.17. The summed E-state index contributed by atoms with van der Waals surface area (Å²) in [6.45, 7) is 0. The Morgan fingerprint density at radius 2 is 1.88 bits per heavy atom. The van der Waals surface area contributed by atoms with Crippen LogP contribution in [-0.2, 0) is 22.4 Å². The van der Waals surface area contributed by atoms with Crippen molar-refractivity contribution in [3.63, 3.8) is 0 Å². The Kier molecular flexibility index (Phi) is 5.83. The number of halogens is 1. The van der Waals surface area contributed by atoms with Crippen LogP contribution in [0.4, 0.5) is 9.39 Å². The number of nitrogens with one attached hydrogen (secondary N) is 1. The van der Waals surface area contributed by atoms with Gasteiger partial charge in [-0.25, -0.2) is 9.18 Å². The number of carbonyl (C=O) groups is 2. The molecule has 0 unspecified atom stereocenters. The molecule has 0 saturated heterocycles. The summed E-state index contributed by atoms with van der Waals surface area (Å²) in [5.74, 6) is -1.08. The van der Waals surface area contributed by atoms with Crippen LogP contribution in [0.25, 0.3) is 6.08 Å². The molecule has 0 saturated carbocycles. The van der Waals surface area contributed by atoms with Crippen LogP contribution < -0.4 is 5.32 Å². The zero-order valence-electron chi connectivity index (χ0n) is 14.5. The molecule has 0 radical (unpaired) electrons. The van der Waals surface area contributed by atoms with Gasteiger partial charge in [0.25, 0.3) is 0 Å². The molecule has 2 aromatic rings. The Bertz CT molecular complexity index is 839.